The van der Waals surface area contributed by atoms with E-state index in [0.29, 0.717) is 10.6 Å². The molecule has 0 saturated carbocycles. The van der Waals surface area contributed by atoms with Crippen LogP contribution in [0, 0.1) is 11.3 Å². The number of nitrogens with zero attached hydrogens (tertiary/aromatic N) is 1. The number of benzene rings is 1. The van der Waals surface area contributed by atoms with Crippen LogP contribution in [0.1, 0.15) is 11.5 Å². The molecule has 0 fully saturated rings. The van der Waals surface area contributed by atoms with E-state index in [1.54, 1.807) is 24.3 Å². The van der Waals surface area contributed by atoms with E-state index in [0.717, 1.165) is 6.20 Å². The molecule has 0 saturated heterocycles. The van der Waals surface area contributed by atoms with Crippen molar-refractivity contribution in [2.45, 2.75) is 5.92 Å². The van der Waals surface area contributed by atoms with Crippen LogP contribution in [-0.4, -0.2) is 5.91 Å². The zero-order valence-corrected chi connectivity index (χ0v) is 9.11. The monoisotopic (exact) mass is 235 g/mol. The predicted molar refractivity (Wildman–Crippen MR) is 61.3 cm³/mol. The van der Waals surface area contributed by atoms with E-state index >= 15 is 0 Å². The minimum Gasteiger partial charge on any atom is -0.404 e. The second-order valence-electron chi connectivity index (χ2n) is 3.07. The van der Waals surface area contributed by atoms with Gasteiger partial charge < -0.3 is 11.5 Å². The fourth-order valence-corrected chi connectivity index (χ4v) is 1.58. The van der Waals surface area contributed by atoms with Crippen molar-refractivity contribution in [2.24, 2.45) is 11.5 Å². The fraction of sp³-hybridized carbons (Fsp3) is 0.0909. The standard InChI is InChI=1S/C11H10ClN3O/c12-10-4-2-1-3-7(10)8(5-13)9(6-14)11(15)16/h1-4,6,8H,14H2,(H2,15,16). The quantitative estimate of drug-likeness (QED) is 0.773. The molecule has 4 N–H and O–H groups in total. The zero-order valence-electron chi connectivity index (χ0n) is 8.35. The third-order valence-electron chi connectivity index (χ3n) is 2.12. The summed E-state index contributed by atoms with van der Waals surface area (Å²) in [5.74, 6) is -1.56. The summed E-state index contributed by atoms with van der Waals surface area (Å²) in [6.45, 7) is 0. The summed E-state index contributed by atoms with van der Waals surface area (Å²) in [6, 6.07) is 8.70. The van der Waals surface area contributed by atoms with Crippen molar-refractivity contribution in [3.8, 4) is 6.07 Å². The number of nitriles is 1. The number of carbonyl (C=O) groups is 1. The first-order valence-corrected chi connectivity index (χ1v) is 4.85. The van der Waals surface area contributed by atoms with Gasteiger partial charge in [0.1, 0.15) is 5.92 Å². The van der Waals surface area contributed by atoms with Gasteiger partial charge >= 0.3 is 0 Å². The highest BCUT2D eigenvalue weighted by molar-refractivity contribution is 6.31. The van der Waals surface area contributed by atoms with E-state index in [9.17, 15) is 4.79 Å². The molecule has 4 nitrogen and oxygen atoms in total. The van der Waals surface area contributed by atoms with Crippen LogP contribution in [0.2, 0.25) is 5.02 Å². The molecule has 5 heteroatoms. The molecule has 1 aromatic rings. The lowest BCUT2D eigenvalue weighted by atomic mass is 9.92. The Hall–Kier alpha value is -1.99. The van der Waals surface area contributed by atoms with Crippen LogP contribution < -0.4 is 11.5 Å². The highest BCUT2D eigenvalue weighted by atomic mass is 35.5. The van der Waals surface area contributed by atoms with Crippen LogP contribution in [0.5, 0.6) is 0 Å². The minimum atomic E-state index is -0.837. The third-order valence-corrected chi connectivity index (χ3v) is 2.46. The normalized spacial score (nSPS) is 12.9. The van der Waals surface area contributed by atoms with Crippen LogP contribution in [0.4, 0.5) is 0 Å². The minimum absolute atomic E-state index is 0.0376. The van der Waals surface area contributed by atoms with Gasteiger partial charge in [-0.15, -0.1) is 0 Å². The van der Waals surface area contributed by atoms with Crippen molar-refractivity contribution >= 4 is 17.5 Å². The van der Waals surface area contributed by atoms with Crippen molar-refractivity contribution in [3.63, 3.8) is 0 Å². The maximum atomic E-state index is 11.1. The van der Waals surface area contributed by atoms with Gasteiger partial charge in [-0.2, -0.15) is 5.26 Å². The molecule has 0 radical (unpaired) electrons. The predicted octanol–water partition coefficient (Wildman–Crippen LogP) is 1.28. The Balaban J connectivity index is 3.25. The fourth-order valence-electron chi connectivity index (χ4n) is 1.34. The smallest absolute Gasteiger partial charge is 0.247 e. The van der Waals surface area contributed by atoms with Crippen LogP contribution in [-0.2, 0) is 4.79 Å². The molecular formula is C11H10ClN3O. The van der Waals surface area contributed by atoms with Gasteiger partial charge in [-0.25, -0.2) is 0 Å². The number of nitrogens with two attached hydrogens (primary N) is 2. The summed E-state index contributed by atoms with van der Waals surface area (Å²) in [5.41, 5.74) is 11.0. The molecule has 82 valence electrons. The highest BCUT2D eigenvalue weighted by Gasteiger charge is 2.22. The molecule has 0 heterocycles. The first kappa shape index (κ1) is 12.1. The van der Waals surface area contributed by atoms with E-state index in [1.165, 1.54) is 0 Å². The lowest BCUT2D eigenvalue weighted by molar-refractivity contribution is -0.114. The van der Waals surface area contributed by atoms with Crippen LogP contribution in [0.25, 0.3) is 0 Å². The van der Waals surface area contributed by atoms with E-state index < -0.39 is 11.8 Å². The first-order chi connectivity index (χ1) is 7.61. The second kappa shape index (κ2) is 5.19. The van der Waals surface area contributed by atoms with Crippen LogP contribution in [0.15, 0.2) is 36.0 Å². The van der Waals surface area contributed by atoms with Gasteiger partial charge in [0.15, 0.2) is 0 Å². The molecule has 16 heavy (non-hydrogen) atoms. The van der Waals surface area contributed by atoms with Crippen molar-refractivity contribution in [1.29, 1.82) is 5.26 Å². The molecule has 0 spiro atoms. The van der Waals surface area contributed by atoms with Gasteiger partial charge in [-0.3, -0.25) is 4.79 Å². The second-order valence-corrected chi connectivity index (χ2v) is 3.48. The molecule has 0 aliphatic carbocycles. The van der Waals surface area contributed by atoms with E-state index in [2.05, 4.69) is 0 Å². The Morgan fingerprint density at radius 3 is 2.56 bits per heavy atom. The van der Waals surface area contributed by atoms with Gasteiger partial charge in [0.2, 0.25) is 5.91 Å². The zero-order chi connectivity index (χ0) is 12.1. The summed E-state index contributed by atoms with van der Waals surface area (Å²) in [7, 11) is 0. The van der Waals surface area contributed by atoms with Crippen molar-refractivity contribution in [3.05, 3.63) is 46.6 Å². The lowest BCUT2D eigenvalue weighted by Crippen LogP contribution is -2.20. The molecule has 1 aromatic carbocycles. The number of carbonyl (C=O) groups excluding carboxylic acids is 1. The van der Waals surface area contributed by atoms with Crippen molar-refractivity contribution < 1.29 is 4.79 Å². The summed E-state index contributed by atoms with van der Waals surface area (Å²) in [5, 5.41) is 9.44. The largest absolute Gasteiger partial charge is 0.404 e. The molecule has 0 aliphatic rings. The average molecular weight is 236 g/mol. The van der Waals surface area contributed by atoms with E-state index in [-0.39, 0.29) is 5.57 Å². The Morgan fingerprint density at radius 1 is 1.50 bits per heavy atom. The highest BCUT2D eigenvalue weighted by Crippen LogP contribution is 2.28. The Labute approximate surface area is 98.1 Å². The number of hydrogen-bond donors (Lipinski definition) is 2. The SMILES string of the molecule is N#CC(C(=CN)C(N)=O)c1ccccc1Cl. The lowest BCUT2D eigenvalue weighted by Gasteiger charge is -2.11. The molecule has 1 amide bonds. The third kappa shape index (κ3) is 2.33. The number of amides is 1. The van der Waals surface area contributed by atoms with Gasteiger partial charge in [0.05, 0.1) is 11.6 Å². The Kier molecular flexibility index (Phi) is 3.92. The van der Waals surface area contributed by atoms with Gasteiger partial charge in [0, 0.05) is 11.2 Å². The topological polar surface area (TPSA) is 92.9 Å². The van der Waals surface area contributed by atoms with E-state index in [4.69, 9.17) is 28.3 Å². The average Bonchev–Trinajstić information content (AvgIpc) is 2.26. The molecule has 1 atom stereocenters. The van der Waals surface area contributed by atoms with Gasteiger partial charge in [-0.05, 0) is 11.6 Å². The molecule has 0 aromatic heterocycles. The maximum Gasteiger partial charge on any atom is 0.247 e. The maximum absolute atomic E-state index is 11.1. The molecular weight excluding hydrogens is 226 g/mol. The van der Waals surface area contributed by atoms with Crippen molar-refractivity contribution in [1.82, 2.24) is 0 Å². The first-order valence-electron chi connectivity index (χ1n) is 4.47. The van der Waals surface area contributed by atoms with Crippen LogP contribution >= 0.6 is 11.6 Å². The summed E-state index contributed by atoms with van der Waals surface area (Å²) < 4.78 is 0. The molecule has 1 unspecified atom stereocenters. The van der Waals surface area contributed by atoms with Gasteiger partial charge in [0.25, 0.3) is 0 Å². The summed E-state index contributed by atoms with van der Waals surface area (Å²) >= 11 is 5.93. The number of hydrogen-bond acceptors (Lipinski definition) is 3. The molecule has 1 rings (SSSR count). The summed E-state index contributed by atoms with van der Waals surface area (Å²) in [4.78, 5) is 11.1. The van der Waals surface area contributed by atoms with Crippen LogP contribution in [0.3, 0.4) is 0 Å². The van der Waals surface area contributed by atoms with Crippen molar-refractivity contribution in [2.75, 3.05) is 0 Å². The van der Waals surface area contributed by atoms with Gasteiger partial charge in [-0.1, -0.05) is 29.8 Å². The number of primary amides is 1. The number of rotatable bonds is 3. The summed E-state index contributed by atoms with van der Waals surface area (Å²) in [6.07, 6.45) is 1.04. The molecule has 0 bridgehead atoms. The molecule has 0 aliphatic heterocycles. The Bertz CT molecular complexity index is 476. The van der Waals surface area contributed by atoms with E-state index in [1.807, 2.05) is 6.07 Å². The number of halogens is 1. The Morgan fingerprint density at radius 2 is 2.12 bits per heavy atom.